The molecule has 28 heavy (non-hydrogen) atoms. The van der Waals surface area contributed by atoms with Gasteiger partial charge < -0.3 is 4.74 Å². The first-order valence-corrected chi connectivity index (χ1v) is 11.8. The monoisotopic (exact) mass is 434 g/mol. The highest BCUT2D eigenvalue weighted by Gasteiger charge is 2.26. The number of benzene rings is 1. The maximum absolute atomic E-state index is 12.9. The molecule has 10 heteroatoms. The lowest BCUT2D eigenvalue weighted by atomic mass is 10.2. The van der Waals surface area contributed by atoms with Crippen LogP contribution in [0.5, 0.6) is 0 Å². The molecule has 1 fully saturated rings. The van der Waals surface area contributed by atoms with Crippen molar-refractivity contribution in [3.63, 3.8) is 0 Å². The van der Waals surface area contributed by atoms with E-state index in [0.717, 1.165) is 10.4 Å². The van der Waals surface area contributed by atoms with Gasteiger partial charge in [0.15, 0.2) is 0 Å². The Morgan fingerprint density at radius 1 is 1.18 bits per heavy atom. The topological polar surface area (TPSA) is 83.9 Å². The minimum Gasteiger partial charge on any atom is -0.379 e. The third kappa shape index (κ3) is 4.31. The number of aromatic nitrogens is 1. The van der Waals surface area contributed by atoms with Crippen LogP contribution in [0, 0.1) is 0 Å². The number of hydrogen-bond donors (Lipinski definition) is 1. The van der Waals surface area contributed by atoms with Crippen molar-refractivity contribution >= 4 is 44.0 Å². The van der Waals surface area contributed by atoms with E-state index in [-0.39, 0.29) is 4.90 Å². The van der Waals surface area contributed by atoms with Crippen molar-refractivity contribution in [3.05, 3.63) is 52.0 Å². The SMILES string of the molecule is O=S(=O)(c1cccc(-c2csc(N/N=C/c3cccs3)n2)c1)N1CCOCC1. The first-order chi connectivity index (χ1) is 13.6. The molecule has 0 aliphatic carbocycles. The summed E-state index contributed by atoms with van der Waals surface area (Å²) in [5.41, 5.74) is 4.37. The van der Waals surface area contributed by atoms with Crippen molar-refractivity contribution in [2.75, 3.05) is 31.7 Å². The van der Waals surface area contributed by atoms with Crippen LogP contribution in [0.4, 0.5) is 5.13 Å². The third-order valence-electron chi connectivity index (χ3n) is 4.14. The molecule has 2 aromatic heterocycles. The average Bonchev–Trinajstić information content (AvgIpc) is 3.41. The summed E-state index contributed by atoms with van der Waals surface area (Å²) in [5, 5.41) is 8.69. The van der Waals surface area contributed by atoms with E-state index in [9.17, 15) is 8.42 Å². The van der Waals surface area contributed by atoms with Crippen LogP contribution >= 0.6 is 22.7 Å². The van der Waals surface area contributed by atoms with E-state index >= 15 is 0 Å². The van der Waals surface area contributed by atoms with Crippen LogP contribution in [0.15, 0.2) is 57.2 Å². The van der Waals surface area contributed by atoms with E-state index in [2.05, 4.69) is 15.5 Å². The normalized spacial score (nSPS) is 15.9. The maximum atomic E-state index is 12.9. The van der Waals surface area contributed by atoms with Crippen molar-refractivity contribution in [1.82, 2.24) is 9.29 Å². The van der Waals surface area contributed by atoms with Gasteiger partial charge in [0.1, 0.15) is 0 Å². The molecule has 3 aromatic rings. The van der Waals surface area contributed by atoms with Crippen molar-refractivity contribution in [2.24, 2.45) is 5.10 Å². The predicted octanol–water partition coefficient (Wildman–Crippen LogP) is 3.34. The standard InChI is InChI=1S/C18H18N4O3S3/c23-28(24,22-6-8-25-9-7-22)16-5-1-3-14(11-16)17-13-27-18(20-17)21-19-12-15-4-2-10-26-15/h1-5,10-13H,6-9H2,(H,20,21)/b19-12+. The van der Waals surface area contributed by atoms with Crippen molar-refractivity contribution in [1.29, 1.82) is 0 Å². The van der Waals surface area contributed by atoms with E-state index in [1.165, 1.54) is 15.6 Å². The Balaban J connectivity index is 1.51. The van der Waals surface area contributed by atoms with Gasteiger partial charge in [-0.2, -0.15) is 9.41 Å². The summed E-state index contributed by atoms with van der Waals surface area (Å²) in [6.45, 7) is 1.59. The van der Waals surface area contributed by atoms with Gasteiger partial charge in [-0.05, 0) is 23.6 Å². The molecule has 1 aliphatic rings. The molecular weight excluding hydrogens is 416 g/mol. The number of nitrogens with one attached hydrogen (secondary N) is 1. The van der Waals surface area contributed by atoms with Crippen molar-refractivity contribution in [2.45, 2.75) is 4.90 Å². The number of rotatable bonds is 6. The number of ether oxygens (including phenoxy) is 1. The van der Waals surface area contributed by atoms with Crippen LogP contribution in [0.2, 0.25) is 0 Å². The van der Waals surface area contributed by atoms with Gasteiger partial charge in [0, 0.05) is 28.9 Å². The van der Waals surface area contributed by atoms with E-state index in [1.54, 1.807) is 35.8 Å². The molecule has 1 aliphatic heterocycles. The second-order valence-electron chi connectivity index (χ2n) is 5.97. The van der Waals surface area contributed by atoms with Gasteiger partial charge in [-0.1, -0.05) is 18.2 Å². The number of nitrogens with zero attached hydrogens (tertiary/aromatic N) is 3. The molecule has 4 rings (SSSR count). The maximum Gasteiger partial charge on any atom is 0.243 e. The molecule has 1 saturated heterocycles. The first kappa shape index (κ1) is 19.2. The molecule has 0 bridgehead atoms. The quantitative estimate of drug-likeness (QED) is 0.475. The van der Waals surface area contributed by atoms with E-state index in [0.29, 0.717) is 37.1 Å². The molecule has 0 spiro atoms. The van der Waals surface area contributed by atoms with Gasteiger partial charge >= 0.3 is 0 Å². The summed E-state index contributed by atoms with van der Waals surface area (Å²) in [6.07, 6.45) is 1.74. The van der Waals surface area contributed by atoms with Crippen LogP contribution in [-0.2, 0) is 14.8 Å². The van der Waals surface area contributed by atoms with Crippen LogP contribution in [0.25, 0.3) is 11.3 Å². The Bertz CT molecular complexity index is 1060. The molecule has 146 valence electrons. The minimum absolute atomic E-state index is 0.269. The molecule has 1 aromatic carbocycles. The number of sulfonamides is 1. The van der Waals surface area contributed by atoms with E-state index in [4.69, 9.17) is 4.74 Å². The smallest absolute Gasteiger partial charge is 0.243 e. The van der Waals surface area contributed by atoms with Crippen LogP contribution in [0.3, 0.4) is 0 Å². The fourth-order valence-corrected chi connectivity index (χ4v) is 5.43. The third-order valence-corrected chi connectivity index (χ3v) is 7.59. The molecule has 0 amide bonds. The summed E-state index contributed by atoms with van der Waals surface area (Å²) < 4.78 is 32.4. The summed E-state index contributed by atoms with van der Waals surface area (Å²) in [5.74, 6) is 0. The molecule has 3 heterocycles. The molecule has 0 saturated carbocycles. The Hall–Kier alpha value is -2.11. The van der Waals surface area contributed by atoms with Gasteiger partial charge in [0.05, 0.1) is 30.0 Å². The summed E-state index contributed by atoms with van der Waals surface area (Å²) in [4.78, 5) is 5.82. The minimum atomic E-state index is -3.53. The molecule has 0 radical (unpaired) electrons. The average molecular weight is 435 g/mol. The fourth-order valence-electron chi connectivity index (χ4n) is 2.73. The lowest BCUT2D eigenvalue weighted by Crippen LogP contribution is -2.40. The highest BCUT2D eigenvalue weighted by molar-refractivity contribution is 7.89. The second kappa shape index (κ2) is 8.50. The highest BCUT2D eigenvalue weighted by Crippen LogP contribution is 2.28. The fraction of sp³-hybridized carbons (Fsp3) is 0.222. The van der Waals surface area contributed by atoms with Gasteiger partial charge in [0.2, 0.25) is 15.2 Å². The Morgan fingerprint density at radius 3 is 2.82 bits per heavy atom. The van der Waals surface area contributed by atoms with E-state index < -0.39 is 10.0 Å². The zero-order chi connectivity index (χ0) is 19.4. The van der Waals surface area contributed by atoms with Gasteiger partial charge in [-0.3, -0.25) is 5.43 Å². The Morgan fingerprint density at radius 2 is 2.04 bits per heavy atom. The van der Waals surface area contributed by atoms with Crippen LogP contribution in [-0.4, -0.2) is 50.2 Å². The molecule has 1 N–H and O–H groups in total. The van der Waals surface area contributed by atoms with Crippen molar-refractivity contribution in [3.8, 4) is 11.3 Å². The number of thiazole rings is 1. The first-order valence-electron chi connectivity index (χ1n) is 8.59. The van der Waals surface area contributed by atoms with Crippen LogP contribution < -0.4 is 5.43 Å². The lowest BCUT2D eigenvalue weighted by Gasteiger charge is -2.26. The Kier molecular flexibility index (Phi) is 5.83. The zero-order valence-corrected chi connectivity index (χ0v) is 17.3. The van der Waals surface area contributed by atoms with Gasteiger partial charge in [-0.15, -0.1) is 22.7 Å². The summed E-state index contributed by atoms with van der Waals surface area (Å²) in [7, 11) is -3.53. The van der Waals surface area contributed by atoms with Gasteiger partial charge in [0.25, 0.3) is 0 Å². The molecule has 0 atom stereocenters. The van der Waals surface area contributed by atoms with E-state index in [1.807, 2.05) is 29.0 Å². The number of morpholine rings is 1. The Labute approximate surface area is 171 Å². The molecule has 0 unspecified atom stereocenters. The number of thiophene rings is 1. The molecule has 7 nitrogen and oxygen atoms in total. The highest BCUT2D eigenvalue weighted by atomic mass is 32.2. The van der Waals surface area contributed by atoms with Crippen LogP contribution in [0.1, 0.15) is 4.88 Å². The molecular formula is C18H18N4O3S3. The lowest BCUT2D eigenvalue weighted by molar-refractivity contribution is 0.0730. The largest absolute Gasteiger partial charge is 0.379 e. The second-order valence-corrected chi connectivity index (χ2v) is 9.74. The predicted molar refractivity (Wildman–Crippen MR) is 113 cm³/mol. The number of hydrazone groups is 1. The number of anilines is 1. The number of hydrogen-bond acceptors (Lipinski definition) is 8. The zero-order valence-electron chi connectivity index (χ0n) is 14.8. The summed E-state index contributed by atoms with van der Waals surface area (Å²) >= 11 is 3.01. The summed E-state index contributed by atoms with van der Waals surface area (Å²) in [6, 6.07) is 10.8. The van der Waals surface area contributed by atoms with Gasteiger partial charge in [-0.25, -0.2) is 13.4 Å². The van der Waals surface area contributed by atoms with Crippen molar-refractivity contribution < 1.29 is 13.2 Å².